The van der Waals surface area contributed by atoms with Gasteiger partial charge in [0.2, 0.25) is 0 Å². The standard InChI is InChI=1S/C13H21ClFN3/c1-3-10-12(14)11(18(4-2)17-10)9-13(15)5-7-16-8-6-13/h16H,3-9H2,1-2H3. The topological polar surface area (TPSA) is 29.9 Å². The molecule has 5 heteroatoms. The predicted molar refractivity (Wildman–Crippen MR) is 71.9 cm³/mol. The maximum absolute atomic E-state index is 14.7. The maximum atomic E-state index is 14.7. The van der Waals surface area contributed by atoms with Crippen LogP contribution in [0.2, 0.25) is 5.02 Å². The maximum Gasteiger partial charge on any atom is 0.119 e. The number of rotatable bonds is 4. The predicted octanol–water partition coefficient (Wildman–Crippen LogP) is 2.75. The fourth-order valence-electron chi connectivity index (χ4n) is 2.54. The molecule has 1 fully saturated rings. The van der Waals surface area contributed by atoms with Crippen LogP contribution in [0.4, 0.5) is 4.39 Å². The summed E-state index contributed by atoms with van der Waals surface area (Å²) in [7, 11) is 0. The summed E-state index contributed by atoms with van der Waals surface area (Å²) in [5.41, 5.74) is 0.610. The Kier molecular flexibility index (Phi) is 4.28. The molecule has 1 aromatic heterocycles. The summed E-state index contributed by atoms with van der Waals surface area (Å²) in [5.74, 6) is 0. The molecule has 2 rings (SSSR count). The molecular formula is C13H21ClFN3. The quantitative estimate of drug-likeness (QED) is 0.914. The summed E-state index contributed by atoms with van der Waals surface area (Å²) >= 11 is 6.32. The van der Waals surface area contributed by atoms with E-state index in [0.29, 0.717) is 24.3 Å². The summed E-state index contributed by atoms with van der Waals surface area (Å²) in [6.07, 6.45) is 2.29. The molecule has 0 aromatic carbocycles. The third kappa shape index (κ3) is 2.69. The third-order valence-corrected chi connectivity index (χ3v) is 4.11. The van der Waals surface area contributed by atoms with Gasteiger partial charge in [0.15, 0.2) is 0 Å². The van der Waals surface area contributed by atoms with E-state index in [0.717, 1.165) is 37.4 Å². The molecule has 18 heavy (non-hydrogen) atoms. The fraction of sp³-hybridized carbons (Fsp3) is 0.769. The minimum Gasteiger partial charge on any atom is -0.316 e. The number of nitrogens with one attached hydrogen (secondary N) is 1. The van der Waals surface area contributed by atoms with Crippen molar-refractivity contribution in [3.05, 3.63) is 16.4 Å². The van der Waals surface area contributed by atoms with Crippen molar-refractivity contribution < 1.29 is 4.39 Å². The first-order chi connectivity index (χ1) is 8.59. The van der Waals surface area contributed by atoms with Crippen molar-refractivity contribution in [1.82, 2.24) is 15.1 Å². The van der Waals surface area contributed by atoms with Crippen molar-refractivity contribution in [1.29, 1.82) is 0 Å². The van der Waals surface area contributed by atoms with E-state index in [2.05, 4.69) is 10.4 Å². The average molecular weight is 274 g/mol. The zero-order valence-electron chi connectivity index (χ0n) is 11.1. The van der Waals surface area contributed by atoms with Crippen molar-refractivity contribution in [2.75, 3.05) is 13.1 Å². The van der Waals surface area contributed by atoms with Gasteiger partial charge in [0.05, 0.1) is 16.4 Å². The third-order valence-electron chi connectivity index (χ3n) is 3.68. The molecular weight excluding hydrogens is 253 g/mol. The number of aryl methyl sites for hydroxylation is 2. The van der Waals surface area contributed by atoms with E-state index < -0.39 is 5.67 Å². The van der Waals surface area contributed by atoms with Crippen LogP contribution in [0.25, 0.3) is 0 Å². The van der Waals surface area contributed by atoms with Crippen LogP contribution in [0.15, 0.2) is 0 Å². The van der Waals surface area contributed by atoms with Crippen molar-refractivity contribution in [3.8, 4) is 0 Å². The van der Waals surface area contributed by atoms with Crippen LogP contribution in [0, 0.1) is 0 Å². The van der Waals surface area contributed by atoms with E-state index in [4.69, 9.17) is 11.6 Å². The van der Waals surface area contributed by atoms with Crippen molar-refractivity contribution >= 4 is 11.6 Å². The zero-order valence-corrected chi connectivity index (χ0v) is 11.9. The van der Waals surface area contributed by atoms with E-state index in [-0.39, 0.29) is 0 Å². The number of hydrogen-bond acceptors (Lipinski definition) is 2. The van der Waals surface area contributed by atoms with Crippen LogP contribution in [0.5, 0.6) is 0 Å². The first-order valence-corrected chi connectivity index (χ1v) is 7.11. The molecule has 0 amide bonds. The van der Waals surface area contributed by atoms with Gasteiger partial charge in [0.25, 0.3) is 0 Å². The van der Waals surface area contributed by atoms with E-state index in [1.807, 2.05) is 18.5 Å². The second-order valence-electron chi connectivity index (χ2n) is 4.95. The minimum absolute atomic E-state index is 0.383. The monoisotopic (exact) mass is 273 g/mol. The number of aromatic nitrogens is 2. The first-order valence-electron chi connectivity index (χ1n) is 6.73. The Balaban J connectivity index is 2.24. The van der Waals surface area contributed by atoms with Gasteiger partial charge < -0.3 is 5.32 Å². The molecule has 1 aliphatic rings. The summed E-state index contributed by atoms with van der Waals surface area (Å²) < 4.78 is 16.6. The Morgan fingerprint density at radius 1 is 1.39 bits per heavy atom. The zero-order chi connectivity index (χ0) is 13.2. The average Bonchev–Trinajstić information content (AvgIpc) is 2.67. The second kappa shape index (κ2) is 5.57. The molecule has 102 valence electrons. The van der Waals surface area contributed by atoms with Crippen LogP contribution in [-0.4, -0.2) is 28.5 Å². The molecule has 2 heterocycles. The van der Waals surface area contributed by atoms with E-state index in [1.54, 1.807) is 0 Å². The van der Waals surface area contributed by atoms with Gasteiger partial charge in [-0.3, -0.25) is 4.68 Å². The largest absolute Gasteiger partial charge is 0.316 e. The van der Waals surface area contributed by atoms with Gasteiger partial charge in [-0.25, -0.2) is 4.39 Å². The Hall–Kier alpha value is -0.610. The van der Waals surface area contributed by atoms with Gasteiger partial charge in [-0.05, 0) is 39.3 Å². The van der Waals surface area contributed by atoms with Gasteiger partial charge in [0.1, 0.15) is 5.67 Å². The SMILES string of the molecule is CCc1nn(CC)c(CC2(F)CCNCC2)c1Cl. The van der Waals surface area contributed by atoms with Crippen LogP contribution in [0.3, 0.4) is 0 Å². The highest BCUT2D eigenvalue weighted by Gasteiger charge is 2.34. The number of halogens is 2. The molecule has 0 unspecified atom stereocenters. The Morgan fingerprint density at radius 2 is 2.06 bits per heavy atom. The Bertz CT molecular complexity index is 411. The number of piperidine rings is 1. The molecule has 1 saturated heterocycles. The molecule has 0 bridgehead atoms. The highest BCUT2D eigenvalue weighted by Crippen LogP contribution is 2.32. The van der Waals surface area contributed by atoms with Gasteiger partial charge in [-0.1, -0.05) is 18.5 Å². The molecule has 0 atom stereocenters. The molecule has 0 aliphatic carbocycles. The normalized spacial score (nSPS) is 19.1. The lowest BCUT2D eigenvalue weighted by molar-refractivity contribution is 0.113. The van der Waals surface area contributed by atoms with Crippen molar-refractivity contribution in [2.45, 2.75) is 51.7 Å². The van der Waals surface area contributed by atoms with Gasteiger partial charge >= 0.3 is 0 Å². The molecule has 0 spiro atoms. The summed E-state index contributed by atoms with van der Waals surface area (Å²) in [4.78, 5) is 0. The second-order valence-corrected chi connectivity index (χ2v) is 5.33. The lowest BCUT2D eigenvalue weighted by atomic mass is 9.89. The highest BCUT2D eigenvalue weighted by molar-refractivity contribution is 6.31. The van der Waals surface area contributed by atoms with Crippen molar-refractivity contribution in [2.24, 2.45) is 0 Å². The smallest absolute Gasteiger partial charge is 0.119 e. The summed E-state index contributed by atoms with van der Waals surface area (Å²) in [6.45, 7) is 6.26. The highest BCUT2D eigenvalue weighted by atomic mass is 35.5. The number of hydrogen-bond donors (Lipinski definition) is 1. The van der Waals surface area contributed by atoms with E-state index in [9.17, 15) is 4.39 Å². The molecule has 1 N–H and O–H groups in total. The molecule has 0 radical (unpaired) electrons. The molecule has 3 nitrogen and oxygen atoms in total. The Labute approximate surface area is 113 Å². The number of nitrogens with zero attached hydrogens (tertiary/aromatic N) is 2. The Morgan fingerprint density at radius 3 is 2.61 bits per heavy atom. The van der Waals surface area contributed by atoms with Crippen LogP contribution < -0.4 is 5.32 Å². The van der Waals surface area contributed by atoms with Crippen molar-refractivity contribution in [3.63, 3.8) is 0 Å². The summed E-state index contributed by atoms with van der Waals surface area (Å²) in [5, 5.41) is 8.30. The molecule has 1 aromatic rings. The van der Waals surface area contributed by atoms with E-state index in [1.165, 1.54) is 0 Å². The number of alkyl halides is 1. The fourth-order valence-corrected chi connectivity index (χ4v) is 2.87. The molecule has 0 saturated carbocycles. The van der Waals surface area contributed by atoms with Crippen LogP contribution in [-0.2, 0) is 19.4 Å². The summed E-state index contributed by atoms with van der Waals surface area (Å²) in [6, 6.07) is 0. The first kappa shape index (κ1) is 13.8. The minimum atomic E-state index is -1.13. The van der Waals surface area contributed by atoms with Gasteiger partial charge in [-0.15, -0.1) is 0 Å². The van der Waals surface area contributed by atoms with Crippen LogP contribution in [0.1, 0.15) is 38.1 Å². The molecule has 1 aliphatic heterocycles. The van der Waals surface area contributed by atoms with Crippen LogP contribution >= 0.6 is 11.6 Å². The van der Waals surface area contributed by atoms with Gasteiger partial charge in [-0.2, -0.15) is 5.10 Å². The van der Waals surface area contributed by atoms with E-state index >= 15 is 0 Å². The lowest BCUT2D eigenvalue weighted by Crippen LogP contribution is -2.40. The van der Waals surface area contributed by atoms with Gasteiger partial charge in [0, 0.05) is 13.0 Å². The lowest BCUT2D eigenvalue weighted by Gasteiger charge is -2.30.